The maximum Gasteiger partial charge on any atom is 0.377 e. The Hall–Kier alpha value is -4.05. The van der Waals surface area contributed by atoms with Crippen molar-refractivity contribution in [3.05, 3.63) is 51.7 Å². The summed E-state index contributed by atoms with van der Waals surface area (Å²) in [6.45, 7) is 1.64. The van der Waals surface area contributed by atoms with Crippen molar-refractivity contribution >= 4 is 47.5 Å². The van der Waals surface area contributed by atoms with Crippen LogP contribution in [0.5, 0.6) is 0 Å². The van der Waals surface area contributed by atoms with Crippen LogP contribution in [0, 0.1) is 0 Å². The van der Waals surface area contributed by atoms with Crippen LogP contribution in [-0.4, -0.2) is 76.3 Å². The van der Waals surface area contributed by atoms with Gasteiger partial charge < -0.3 is 30.5 Å². The van der Waals surface area contributed by atoms with Crippen LogP contribution in [0.1, 0.15) is 31.5 Å². The number of carbonyl (C=O) groups is 1. The number of anilines is 2. The number of aliphatic hydroxyl groups is 4. The highest BCUT2D eigenvalue weighted by Crippen LogP contribution is 2.61. The average molecular weight is 545 g/mol. The van der Waals surface area contributed by atoms with E-state index in [1.807, 2.05) is 0 Å². The summed E-state index contributed by atoms with van der Waals surface area (Å²) in [6.07, 6.45) is -1.70. The van der Waals surface area contributed by atoms with Crippen LogP contribution in [0.2, 0.25) is 5.82 Å². The number of nitrogens with zero attached hydrogens (tertiary/aromatic N) is 6. The molecule has 8 bridgehead atoms. The first-order chi connectivity index (χ1) is 19.1. The molecule has 15 heteroatoms. The highest BCUT2D eigenvalue weighted by molar-refractivity contribution is 6.15. The summed E-state index contributed by atoms with van der Waals surface area (Å²) in [5, 5.41) is 48.3. The van der Waals surface area contributed by atoms with Crippen LogP contribution in [0.4, 0.5) is 11.6 Å². The quantitative estimate of drug-likeness (QED) is 0.0953. The van der Waals surface area contributed by atoms with Crippen LogP contribution in [0.3, 0.4) is 0 Å². The number of aromatic nitrogens is 6. The molecule has 2 aliphatic carbocycles. The molecule has 8 rings (SSSR count). The highest BCUT2D eigenvalue weighted by Gasteiger charge is 2.61. The van der Waals surface area contributed by atoms with Crippen molar-refractivity contribution in [1.82, 2.24) is 28.9 Å². The monoisotopic (exact) mass is 545 g/mol. The largest absolute Gasteiger partial charge is 0.464 e. The number of hydrogen-bond donors (Lipinski definition) is 5. The second kappa shape index (κ2) is 8.24. The minimum Gasteiger partial charge on any atom is -0.464 e. The summed E-state index contributed by atoms with van der Waals surface area (Å²) in [5.74, 6) is -0.616. The van der Waals surface area contributed by atoms with Crippen molar-refractivity contribution in [3.63, 3.8) is 0 Å². The van der Waals surface area contributed by atoms with Crippen LogP contribution in [0.25, 0.3) is 22.1 Å². The van der Waals surface area contributed by atoms with E-state index in [4.69, 9.17) is 22.7 Å². The van der Waals surface area contributed by atoms with Crippen molar-refractivity contribution in [2.24, 2.45) is 0 Å². The lowest BCUT2D eigenvalue weighted by Crippen LogP contribution is -2.52. The maximum absolute atomic E-state index is 13.8. The maximum atomic E-state index is 13.8. The molecule has 3 unspecified atom stereocenters. The van der Waals surface area contributed by atoms with E-state index in [2.05, 4.69) is 10.3 Å². The molecule has 0 aromatic carbocycles. The molecule has 6 heterocycles. The second-order valence-electron chi connectivity index (χ2n) is 10.2. The van der Waals surface area contributed by atoms with Crippen LogP contribution < -0.4 is 11.0 Å². The van der Waals surface area contributed by atoms with E-state index in [0.717, 1.165) is 0 Å². The van der Waals surface area contributed by atoms with Crippen LogP contribution in [-0.2, 0) is 27.6 Å². The summed E-state index contributed by atoms with van der Waals surface area (Å²) in [6, 6.07) is 4.35. The molecule has 0 amide bonds. The molecule has 14 nitrogen and oxygen atoms in total. The molecule has 2 radical (unpaired) electrons. The molecule has 5 N–H and O–H groups in total. The summed E-state index contributed by atoms with van der Waals surface area (Å²) in [4.78, 5) is 36.4. The Bertz CT molecular complexity index is 1830. The third-order valence-corrected chi connectivity index (χ3v) is 8.05. The van der Waals surface area contributed by atoms with Gasteiger partial charge in [-0.2, -0.15) is 5.10 Å². The first-order valence-corrected chi connectivity index (χ1v) is 12.8. The Morgan fingerprint density at radius 3 is 2.80 bits per heavy atom. The number of allylic oxidation sites excluding steroid dienone is 1. The average Bonchev–Trinajstić information content (AvgIpc) is 3.45. The lowest BCUT2D eigenvalue weighted by Gasteiger charge is -2.44. The second-order valence-corrected chi connectivity index (χ2v) is 10.2. The van der Waals surface area contributed by atoms with Gasteiger partial charge in [0.25, 0.3) is 0 Å². The van der Waals surface area contributed by atoms with Gasteiger partial charge in [-0.05, 0) is 36.6 Å². The number of aliphatic hydroxyl groups excluding tert-OH is 1. The number of pyridine rings is 2. The van der Waals surface area contributed by atoms with Gasteiger partial charge >= 0.3 is 17.8 Å². The fraction of sp³-hybridized carbons (Fsp3) is 0.400. The minimum absolute atomic E-state index is 0.0264. The number of ether oxygens (including phenoxy) is 1. The van der Waals surface area contributed by atoms with E-state index < -0.39 is 35.2 Å². The van der Waals surface area contributed by atoms with E-state index >= 15 is 0 Å². The van der Waals surface area contributed by atoms with Gasteiger partial charge in [0.05, 0.1) is 43.4 Å². The Morgan fingerprint density at radius 1 is 1.27 bits per heavy atom. The number of rotatable bonds is 5. The standard InChI is InChI=1S/C25H24BN7O7/c1-2-40-22(35)24-9-12-15(7-13(26)20(12)24)31-16-8-19(27-10-17(16)32(23(31)36)25(37,38)39)28-18-4-3-11-14(5-6-34)30-33(24)21(11)29-18/h3-4,8,10,13,15,34,37-39H,2,5-7,9H2,1H3,(H,27,28,29). The predicted molar refractivity (Wildman–Crippen MR) is 140 cm³/mol. The van der Waals surface area contributed by atoms with Crippen molar-refractivity contribution in [3.8, 4) is 0 Å². The third kappa shape index (κ3) is 3.11. The Morgan fingerprint density at radius 2 is 2.08 bits per heavy atom. The van der Waals surface area contributed by atoms with Gasteiger partial charge in [0, 0.05) is 30.9 Å². The zero-order chi connectivity index (χ0) is 28.1. The summed E-state index contributed by atoms with van der Waals surface area (Å²) in [7, 11) is 6.67. The van der Waals surface area contributed by atoms with E-state index in [0.29, 0.717) is 38.3 Å². The van der Waals surface area contributed by atoms with Gasteiger partial charge in [0.2, 0.25) is 0 Å². The predicted octanol–water partition coefficient (Wildman–Crippen LogP) is -0.360. The first kappa shape index (κ1) is 25.0. The molecular weight excluding hydrogens is 521 g/mol. The van der Waals surface area contributed by atoms with Gasteiger partial charge in [0.15, 0.2) is 11.2 Å². The molecular formula is C25H24BN7O7. The molecule has 0 spiro atoms. The summed E-state index contributed by atoms with van der Waals surface area (Å²) in [5.41, 5.74) is 0.0639. The summed E-state index contributed by atoms with van der Waals surface area (Å²) < 4.78 is 8.82. The lowest BCUT2D eigenvalue weighted by molar-refractivity contribution is -0.374. The number of nitrogens with one attached hydrogen (secondary N) is 1. The van der Waals surface area contributed by atoms with Gasteiger partial charge in [0.1, 0.15) is 11.6 Å². The highest BCUT2D eigenvalue weighted by atomic mass is 16.7. The van der Waals surface area contributed by atoms with Gasteiger partial charge in [-0.15, -0.1) is 0 Å². The molecule has 3 atom stereocenters. The van der Waals surface area contributed by atoms with Crippen LogP contribution >= 0.6 is 0 Å². The van der Waals surface area contributed by atoms with E-state index in [1.165, 1.54) is 15.4 Å². The normalized spacial score (nSPS) is 23.2. The summed E-state index contributed by atoms with van der Waals surface area (Å²) >= 11 is 0. The zero-order valence-electron chi connectivity index (χ0n) is 21.3. The first-order valence-electron chi connectivity index (χ1n) is 12.8. The molecule has 0 saturated carbocycles. The fourth-order valence-electron chi connectivity index (χ4n) is 6.53. The molecule has 204 valence electrons. The Kier molecular flexibility index (Phi) is 5.14. The fourth-order valence-corrected chi connectivity index (χ4v) is 6.53. The molecule has 40 heavy (non-hydrogen) atoms. The van der Waals surface area contributed by atoms with E-state index in [1.54, 1.807) is 25.1 Å². The van der Waals surface area contributed by atoms with E-state index in [-0.39, 0.29) is 49.3 Å². The van der Waals surface area contributed by atoms with Crippen molar-refractivity contribution in [1.29, 1.82) is 0 Å². The van der Waals surface area contributed by atoms with Gasteiger partial charge in [-0.1, -0.05) is 5.82 Å². The Balaban J connectivity index is 1.58. The topological polar surface area (TPSA) is 190 Å². The minimum atomic E-state index is -3.49. The van der Waals surface area contributed by atoms with Gasteiger partial charge in [-0.25, -0.2) is 28.8 Å². The number of hydrogen-bond acceptors (Lipinski definition) is 11. The Labute approximate surface area is 226 Å². The van der Waals surface area contributed by atoms with Crippen molar-refractivity contribution in [2.45, 2.75) is 49.7 Å². The molecule has 0 saturated heterocycles. The van der Waals surface area contributed by atoms with Gasteiger partial charge in [-0.3, -0.25) is 4.57 Å². The molecule has 4 aromatic rings. The third-order valence-electron chi connectivity index (χ3n) is 8.05. The zero-order valence-corrected chi connectivity index (χ0v) is 21.3. The lowest BCUT2D eigenvalue weighted by atomic mass is 9.64. The molecule has 0 fully saturated rings. The molecule has 4 aromatic heterocycles. The van der Waals surface area contributed by atoms with Crippen molar-refractivity contribution in [2.75, 3.05) is 18.5 Å². The smallest absolute Gasteiger partial charge is 0.377 e. The van der Waals surface area contributed by atoms with E-state index in [9.17, 15) is 30.0 Å². The molecule has 2 aliphatic heterocycles. The number of esters is 1. The number of imidazole rings is 1. The number of carbonyl (C=O) groups excluding carboxylic acids is 1. The SMILES string of the molecule is [B]C1CC2C3=C1C(C(=O)OCC)(C3)n1nc(CCO)c3ccc(nc31)Nc1cc3c(cn1)n(C(O)(O)O)c(=O)n32. The van der Waals surface area contributed by atoms with Crippen LogP contribution in [0.15, 0.2) is 40.3 Å². The molecule has 4 aliphatic rings. The van der Waals surface area contributed by atoms with Crippen molar-refractivity contribution < 1.29 is 30.0 Å².